The van der Waals surface area contributed by atoms with E-state index in [1.807, 2.05) is 63.2 Å². The molecule has 1 aliphatic rings. The lowest BCUT2D eigenvalue weighted by Gasteiger charge is -2.38. The first-order chi connectivity index (χ1) is 13.9. The molecule has 1 atom stereocenters. The van der Waals surface area contributed by atoms with Crippen molar-refractivity contribution < 1.29 is 14.3 Å². The van der Waals surface area contributed by atoms with Gasteiger partial charge in [-0.1, -0.05) is 12.1 Å². The zero-order chi connectivity index (χ0) is 20.6. The number of pyridine rings is 1. The maximum Gasteiger partial charge on any atom is 0.319 e. The molecule has 6 nitrogen and oxygen atoms in total. The van der Waals surface area contributed by atoms with Crippen molar-refractivity contribution in [3.63, 3.8) is 0 Å². The molecule has 1 unspecified atom stereocenters. The van der Waals surface area contributed by atoms with E-state index < -0.39 is 5.60 Å². The summed E-state index contributed by atoms with van der Waals surface area (Å²) in [5.74, 6) is 1.46. The normalized spacial score (nSPS) is 17.2. The maximum atomic E-state index is 12.8. The molecule has 0 saturated heterocycles. The topological polar surface area (TPSA) is 72.5 Å². The van der Waals surface area contributed by atoms with E-state index in [1.54, 1.807) is 13.3 Å². The second kappa shape index (κ2) is 7.28. The summed E-state index contributed by atoms with van der Waals surface area (Å²) in [4.78, 5) is 17.2. The van der Waals surface area contributed by atoms with Gasteiger partial charge in [0.15, 0.2) is 0 Å². The van der Waals surface area contributed by atoms with Crippen LogP contribution in [0.2, 0.25) is 0 Å². The molecule has 0 aliphatic carbocycles. The van der Waals surface area contributed by atoms with E-state index in [-0.39, 0.29) is 12.1 Å². The van der Waals surface area contributed by atoms with Crippen molar-refractivity contribution in [1.82, 2.24) is 10.3 Å². The van der Waals surface area contributed by atoms with Crippen LogP contribution in [0, 0.1) is 6.92 Å². The number of methoxy groups -OCH3 is 1. The standard InChI is InChI=1S/C23H25N3O3/c1-14-16-6-5-7-19(17(16)10-11-24-14)25-22(27)26-20-13-23(2,3)29-21-12-15(28-4)8-9-18(20)21/h5-12,20H,13H2,1-4H3,(H2,25,26,27). The number of hydrogen-bond donors (Lipinski definition) is 2. The molecule has 0 saturated carbocycles. The molecule has 29 heavy (non-hydrogen) atoms. The van der Waals surface area contributed by atoms with Gasteiger partial charge in [-0.15, -0.1) is 0 Å². The molecule has 0 radical (unpaired) electrons. The fourth-order valence-electron chi connectivity index (χ4n) is 3.87. The number of nitrogens with zero attached hydrogens (tertiary/aromatic N) is 1. The van der Waals surface area contributed by atoms with Crippen molar-refractivity contribution in [1.29, 1.82) is 0 Å². The van der Waals surface area contributed by atoms with Gasteiger partial charge in [0.25, 0.3) is 0 Å². The van der Waals surface area contributed by atoms with E-state index in [2.05, 4.69) is 15.6 Å². The van der Waals surface area contributed by atoms with Gasteiger partial charge in [-0.05, 0) is 45.0 Å². The summed E-state index contributed by atoms with van der Waals surface area (Å²) >= 11 is 0. The van der Waals surface area contributed by atoms with E-state index in [1.165, 1.54) is 0 Å². The number of aryl methyl sites for hydroxylation is 1. The molecule has 1 aliphatic heterocycles. The lowest BCUT2D eigenvalue weighted by atomic mass is 9.89. The van der Waals surface area contributed by atoms with E-state index in [0.29, 0.717) is 6.42 Å². The monoisotopic (exact) mass is 391 g/mol. The molecule has 0 fully saturated rings. The van der Waals surface area contributed by atoms with Gasteiger partial charge in [0.1, 0.15) is 17.1 Å². The first-order valence-corrected chi connectivity index (χ1v) is 9.65. The summed E-state index contributed by atoms with van der Waals surface area (Å²) in [6, 6.07) is 13.0. The number of benzene rings is 2. The molecular formula is C23H25N3O3. The van der Waals surface area contributed by atoms with Gasteiger partial charge in [-0.25, -0.2) is 4.79 Å². The molecule has 0 spiro atoms. The van der Waals surface area contributed by atoms with Gasteiger partial charge in [-0.2, -0.15) is 0 Å². The van der Waals surface area contributed by atoms with Crippen molar-refractivity contribution in [2.75, 3.05) is 12.4 Å². The Labute approximate surface area is 170 Å². The van der Waals surface area contributed by atoms with Crippen molar-refractivity contribution in [2.24, 2.45) is 0 Å². The molecule has 2 N–H and O–H groups in total. The number of ether oxygens (including phenoxy) is 2. The number of carbonyl (C=O) groups is 1. The number of hydrogen-bond acceptors (Lipinski definition) is 4. The Hall–Kier alpha value is -3.28. The van der Waals surface area contributed by atoms with Gasteiger partial charge in [-0.3, -0.25) is 4.98 Å². The number of aromatic nitrogens is 1. The van der Waals surface area contributed by atoms with Crippen LogP contribution >= 0.6 is 0 Å². The van der Waals surface area contributed by atoms with Crippen LogP contribution in [0.4, 0.5) is 10.5 Å². The van der Waals surface area contributed by atoms with Crippen LogP contribution in [0.3, 0.4) is 0 Å². The Morgan fingerprint density at radius 2 is 2.03 bits per heavy atom. The number of nitrogens with one attached hydrogen (secondary N) is 2. The highest BCUT2D eigenvalue weighted by Crippen LogP contribution is 2.41. The van der Waals surface area contributed by atoms with Gasteiger partial charge in [0.2, 0.25) is 0 Å². The van der Waals surface area contributed by atoms with Crippen molar-refractivity contribution in [3.05, 3.63) is 59.9 Å². The zero-order valence-electron chi connectivity index (χ0n) is 17.1. The number of carbonyl (C=O) groups excluding carboxylic acids is 1. The fourth-order valence-corrected chi connectivity index (χ4v) is 3.87. The molecule has 2 aromatic carbocycles. The maximum absolute atomic E-state index is 12.8. The molecule has 2 heterocycles. The van der Waals surface area contributed by atoms with Gasteiger partial charge < -0.3 is 20.1 Å². The second-order valence-electron chi connectivity index (χ2n) is 7.92. The summed E-state index contributed by atoms with van der Waals surface area (Å²) in [6.07, 6.45) is 2.42. The Morgan fingerprint density at radius 3 is 2.83 bits per heavy atom. The highest BCUT2D eigenvalue weighted by molar-refractivity contribution is 6.02. The summed E-state index contributed by atoms with van der Waals surface area (Å²) in [5.41, 5.74) is 2.23. The molecule has 1 aromatic heterocycles. The highest BCUT2D eigenvalue weighted by atomic mass is 16.5. The van der Waals surface area contributed by atoms with E-state index in [0.717, 1.165) is 39.2 Å². The number of amides is 2. The Balaban J connectivity index is 1.59. The second-order valence-corrected chi connectivity index (χ2v) is 7.92. The Kier molecular flexibility index (Phi) is 4.78. The van der Waals surface area contributed by atoms with E-state index in [9.17, 15) is 4.79 Å². The Morgan fingerprint density at radius 1 is 1.21 bits per heavy atom. The fraction of sp³-hybridized carbons (Fsp3) is 0.304. The predicted molar refractivity (Wildman–Crippen MR) is 114 cm³/mol. The molecular weight excluding hydrogens is 366 g/mol. The number of rotatable bonds is 3. The van der Waals surface area contributed by atoms with Crippen molar-refractivity contribution in [2.45, 2.75) is 38.8 Å². The SMILES string of the molecule is COc1ccc2c(c1)OC(C)(C)CC2NC(=O)Nc1cccc2c(C)nccc12. The third kappa shape index (κ3) is 3.83. The molecule has 2 amide bonds. The number of anilines is 1. The van der Waals surface area contributed by atoms with E-state index >= 15 is 0 Å². The van der Waals surface area contributed by atoms with Gasteiger partial charge >= 0.3 is 6.03 Å². The lowest BCUT2D eigenvalue weighted by molar-refractivity contribution is 0.0679. The third-order valence-electron chi connectivity index (χ3n) is 5.24. The lowest BCUT2D eigenvalue weighted by Crippen LogP contribution is -2.42. The zero-order valence-corrected chi connectivity index (χ0v) is 17.1. The first kappa shape index (κ1) is 19.1. The number of urea groups is 1. The first-order valence-electron chi connectivity index (χ1n) is 9.65. The minimum Gasteiger partial charge on any atom is -0.497 e. The number of fused-ring (bicyclic) bond motifs is 2. The molecule has 4 rings (SSSR count). The van der Waals surface area contributed by atoms with Crippen molar-refractivity contribution >= 4 is 22.5 Å². The minimum atomic E-state index is -0.403. The van der Waals surface area contributed by atoms with Crippen LogP contribution in [0.25, 0.3) is 10.8 Å². The smallest absolute Gasteiger partial charge is 0.319 e. The van der Waals surface area contributed by atoms with Crippen LogP contribution in [0.15, 0.2) is 48.7 Å². The molecule has 150 valence electrons. The van der Waals surface area contributed by atoms with Crippen LogP contribution in [0.5, 0.6) is 11.5 Å². The predicted octanol–water partition coefficient (Wildman–Crippen LogP) is 4.98. The van der Waals surface area contributed by atoms with Crippen LogP contribution in [-0.2, 0) is 0 Å². The molecule has 6 heteroatoms. The molecule has 0 bridgehead atoms. The van der Waals surface area contributed by atoms with Crippen LogP contribution in [0.1, 0.15) is 37.6 Å². The quantitative estimate of drug-likeness (QED) is 0.661. The van der Waals surface area contributed by atoms with Crippen LogP contribution in [-0.4, -0.2) is 23.7 Å². The largest absolute Gasteiger partial charge is 0.497 e. The average Bonchev–Trinajstić information content (AvgIpc) is 2.67. The summed E-state index contributed by atoms with van der Waals surface area (Å²) in [5, 5.41) is 8.09. The Bertz CT molecular complexity index is 1080. The average molecular weight is 391 g/mol. The highest BCUT2D eigenvalue weighted by Gasteiger charge is 2.34. The summed E-state index contributed by atoms with van der Waals surface area (Å²) < 4.78 is 11.4. The third-order valence-corrected chi connectivity index (χ3v) is 5.24. The molecule has 3 aromatic rings. The van der Waals surface area contributed by atoms with E-state index in [4.69, 9.17) is 9.47 Å². The summed E-state index contributed by atoms with van der Waals surface area (Å²) in [6.45, 7) is 5.99. The van der Waals surface area contributed by atoms with Crippen molar-refractivity contribution in [3.8, 4) is 11.5 Å². The van der Waals surface area contributed by atoms with Crippen LogP contribution < -0.4 is 20.1 Å². The van der Waals surface area contributed by atoms with Gasteiger partial charge in [0, 0.05) is 40.7 Å². The summed E-state index contributed by atoms with van der Waals surface area (Å²) in [7, 11) is 1.63. The van der Waals surface area contributed by atoms with Gasteiger partial charge in [0.05, 0.1) is 18.8 Å². The minimum absolute atomic E-state index is 0.168.